The maximum atomic E-state index is 10.7. The Bertz CT molecular complexity index is 813. The van der Waals surface area contributed by atoms with Crippen LogP contribution in [0.4, 0.5) is 11.7 Å². The van der Waals surface area contributed by atoms with Crippen LogP contribution in [0, 0.1) is 17.0 Å². The first-order valence-electron chi connectivity index (χ1n) is 6.33. The lowest BCUT2D eigenvalue weighted by molar-refractivity contribution is -0.384. The lowest BCUT2D eigenvalue weighted by atomic mass is 10.2. The Hall–Kier alpha value is -2.96. The minimum absolute atomic E-state index is 0.0112. The smallest absolute Gasteiger partial charge is 0.296 e. The summed E-state index contributed by atoms with van der Waals surface area (Å²) in [5, 5.41) is 13.8. The predicted molar refractivity (Wildman–Crippen MR) is 77.0 cm³/mol. The van der Waals surface area contributed by atoms with Gasteiger partial charge in [-0.1, -0.05) is 6.07 Å². The van der Waals surface area contributed by atoms with E-state index in [-0.39, 0.29) is 5.69 Å². The molecule has 7 heteroatoms. The number of anilines is 1. The first kappa shape index (κ1) is 13.0. The monoisotopic (exact) mass is 284 g/mol. The van der Waals surface area contributed by atoms with Gasteiger partial charge in [-0.3, -0.25) is 15.1 Å². The van der Waals surface area contributed by atoms with Crippen LogP contribution in [0.1, 0.15) is 11.3 Å². The molecule has 7 nitrogen and oxygen atoms in total. The van der Waals surface area contributed by atoms with Crippen molar-refractivity contribution in [2.24, 2.45) is 0 Å². The Morgan fingerprint density at radius 3 is 3.00 bits per heavy atom. The van der Waals surface area contributed by atoms with E-state index in [1.165, 1.54) is 18.2 Å². The van der Waals surface area contributed by atoms with Crippen LogP contribution in [0.2, 0.25) is 0 Å². The summed E-state index contributed by atoms with van der Waals surface area (Å²) in [4.78, 5) is 18.7. The molecule has 2 aromatic heterocycles. The number of oxazole rings is 1. The van der Waals surface area contributed by atoms with Crippen molar-refractivity contribution in [3.8, 4) is 0 Å². The number of hydrogen-bond donors (Lipinski definition) is 1. The number of nitro benzene ring substituents is 1. The fraction of sp³-hybridized carbons (Fsp3) is 0.143. The molecule has 0 unspecified atom stereocenters. The van der Waals surface area contributed by atoms with E-state index in [0.717, 1.165) is 11.3 Å². The summed E-state index contributed by atoms with van der Waals surface area (Å²) in [7, 11) is 0. The molecule has 0 aliphatic heterocycles. The molecule has 0 fully saturated rings. The van der Waals surface area contributed by atoms with Crippen molar-refractivity contribution in [2.75, 3.05) is 5.32 Å². The Balaban J connectivity index is 1.82. The van der Waals surface area contributed by atoms with Crippen LogP contribution in [0.15, 0.2) is 40.9 Å². The zero-order valence-electron chi connectivity index (χ0n) is 11.2. The van der Waals surface area contributed by atoms with E-state index in [1.54, 1.807) is 6.20 Å². The first-order valence-corrected chi connectivity index (χ1v) is 6.33. The van der Waals surface area contributed by atoms with Gasteiger partial charge in [-0.25, -0.2) is 0 Å². The van der Waals surface area contributed by atoms with E-state index < -0.39 is 4.92 Å². The summed E-state index contributed by atoms with van der Waals surface area (Å²) in [6, 6.07) is 8.47. The van der Waals surface area contributed by atoms with Gasteiger partial charge in [0.25, 0.3) is 11.7 Å². The van der Waals surface area contributed by atoms with Crippen molar-refractivity contribution in [1.82, 2.24) is 9.97 Å². The van der Waals surface area contributed by atoms with E-state index in [1.807, 2.05) is 19.1 Å². The summed E-state index contributed by atoms with van der Waals surface area (Å²) in [5.74, 6) is 0. The summed E-state index contributed by atoms with van der Waals surface area (Å²) in [6.07, 6.45) is 1.72. The topological polar surface area (TPSA) is 94.1 Å². The number of aryl methyl sites for hydroxylation is 1. The number of nitro groups is 1. The van der Waals surface area contributed by atoms with Gasteiger partial charge in [0.1, 0.15) is 5.52 Å². The SMILES string of the molecule is Cc1cccnc1CNc1nc2cc([N+](=O)[O-])ccc2o1. The van der Waals surface area contributed by atoms with Crippen LogP contribution in [0.25, 0.3) is 11.1 Å². The Kier molecular flexibility index (Phi) is 3.23. The zero-order valence-corrected chi connectivity index (χ0v) is 11.2. The second kappa shape index (κ2) is 5.20. The average Bonchev–Trinajstić information content (AvgIpc) is 2.88. The number of benzene rings is 1. The average molecular weight is 284 g/mol. The third kappa shape index (κ3) is 2.66. The van der Waals surface area contributed by atoms with Crippen molar-refractivity contribution >= 4 is 22.8 Å². The number of nitrogens with zero attached hydrogens (tertiary/aromatic N) is 3. The molecule has 3 aromatic rings. The molecule has 1 aromatic carbocycles. The Labute approximate surface area is 119 Å². The van der Waals surface area contributed by atoms with Crippen LogP contribution in [0.3, 0.4) is 0 Å². The molecule has 3 rings (SSSR count). The standard InChI is InChI=1S/C14H12N4O3/c1-9-3-2-6-15-12(9)8-16-14-17-11-7-10(18(19)20)4-5-13(11)21-14/h2-7H,8H2,1H3,(H,16,17). The van der Waals surface area contributed by atoms with Gasteiger partial charge < -0.3 is 9.73 Å². The van der Waals surface area contributed by atoms with E-state index in [0.29, 0.717) is 23.7 Å². The molecule has 0 saturated carbocycles. The highest BCUT2D eigenvalue weighted by Gasteiger charge is 2.11. The molecule has 0 aliphatic rings. The summed E-state index contributed by atoms with van der Waals surface area (Å²) >= 11 is 0. The number of non-ortho nitro benzene ring substituents is 1. The fourth-order valence-electron chi connectivity index (χ4n) is 1.97. The molecule has 2 heterocycles. The summed E-state index contributed by atoms with van der Waals surface area (Å²) in [5.41, 5.74) is 2.90. The molecular formula is C14H12N4O3. The number of rotatable bonds is 4. The van der Waals surface area contributed by atoms with E-state index in [2.05, 4.69) is 15.3 Å². The molecule has 0 aliphatic carbocycles. The highest BCUT2D eigenvalue weighted by atomic mass is 16.6. The second-order valence-corrected chi connectivity index (χ2v) is 4.55. The zero-order chi connectivity index (χ0) is 14.8. The Morgan fingerprint density at radius 2 is 2.24 bits per heavy atom. The third-order valence-electron chi connectivity index (χ3n) is 3.11. The molecule has 0 atom stereocenters. The van der Waals surface area contributed by atoms with Crippen molar-refractivity contribution in [3.05, 3.63) is 57.9 Å². The van der Waals surface area contributed by atoms with Gasteiger partial charge in [0.15, 0.2) is 5.58 Å². The molecule has 0 saturated heterocycles. The van der Waals surface area contributed by atoms with Crippen LogP contribution in [-0.4, -0.2) is 14.9 Å². The summed E-state index contributed by atoms with van der Waals surface area (Å²) in [6.45, 7) is 2.45. The van der Waals surface area contributed by atoms with Gasteiger partial charge in [-0.05, 0) is 24.6 Å². The third-order valence-corrected chi connectivity index (χ3v) is 3.11. The minimum atomic E-state index is -0.460. The number of fused-ring (bicyclic) bond motifs is 1. The quantitative estimate of drug-likeness (QED) is 0.584. The van der Waals surface area contributed by atoms with Crippen molar-refractivity contribution in [2.45, 2.75) is 13.5 Å². The van der Waals surface area contributed by atoms with Gasteiger partial charge in [0, 0.05) is 18.3 Å². The van der Waals surface area contributed by atoms with Gasteiger partial charge in [0.05, 0.1) is 17.2 Å². The van der Waals surface area contributed by atoms with Crippen molar-refractivity contribution in [1.29, 1.82) is 0 Å². The van der Waals surface area contributed by atoms with E-state index in [4.69, 9.17) is 4.42 Å². The van der Waals surface area contributed by atoms with Gasteiger partial charge in [-0.2, -0.15) is 4.98 Å². The number of aromatic nitrogens is 2. The second-order valence-electron chi connectivity index (χ2n) is 4.55. The highest BCUT2D eigenvalue weighted by Crippen LogP contribution is 2.23. The molecule has 1 N–H and O–H groups in total. The molecule has 0 spiro atoms. The maximum absolute atomic E-state index is 10.7. The lowest BCUT2D eigenvalue weighted by Gasteiger charge is -2.03. The van der Waals surface area contributed by atoms with E-state index in [9.17, 15) is 10.1 Å². The molecule has 0 radical (unpaired) electrons. The van der Waals surface area contributed by atoms with E-state index >= 15 is 0 Å². The van der Waals surface area contributed by atoms with Gasteiger partial charge >= 0.3 is 0 Å². The first-order chi connectivity index (χ1) is 10.1. The van der Waals surface area contributed by atoms with Crippen LogP contribution in [0.5, 0.6) is 0 Å². The number of nitrogens with one attached hydrogen (secondary N) is 1. The highest BCUT2D eigenvalue weighted by molar-refractivity contribution is 5.77. The maximum Gasteiger partial charge on any atom is 0.296 e. The lowest BCUT2D eigenvalue weighted by Crippen LogP contribution is -2.03. The largest absolute Gasteiger partial charge is 0.424 e. The minimum Gasteiger partial charge on any atom is -0.424 e. The number of pyridine rings is 1. The molecule has 0 amide bonds. The van der Waals surface area contributed by atoms with Crippen LogP contribution in [-0.2, 0) is 6.54 Å². The molecule has 0 bridgehead atoms. The van der Waals surface area contributed by atoms with Gasteiger partial charge in [-0.15, -0.1) is 0 Å². The van der Waals surface area contributed by atoms with Crippen molar-refractivity contribution < 1.29 is 9.34 Å². The van der Waals surface area contributed by atoms with Crippen molar-refractivity contribution in [3.63, 3.8) is 0 Å². The van der Waals surface area contributed by atoms with Crippen LogP contribution >= 0.6 is 0 Å². The predicted octanol–water partition coefficient (Wildman–Crippen LogP) is 3.05. The normalized spacial score (nSPS) is 10.7. The summed E-state index contributed by atoms with van der Waals surface area (Å²) < 4.78 is 5.49. The molecular weight excluding hydrogens is 272 g/mol. The fourth-order valence-corrected chi connectivity index (χ4v) is 1.97. The molecule has 106 valence electrons. The van der Waals surface area contributed by atoms with Gasteiger partial charge in [0.2, 0.25) is 0 Å². The Morgan fingerprint density at radius 1 is 1.38 bits per heavy atom. The van der Waals surface area contributed by atoms with Crippen LogP contribution < -0.4 is 5.32 Å². The number of hydrogen-bond acceptors (Lipinski definition) is 6. The molecule has 21 heavy (non-hydrogen) atoms.